The van der Waals surface area contributed by atoms with Gasteiger partial charge in [0, 0.05) is 0 Å². The van der Waals surface area contributed by atoms with Crippen LogP contribution in [0.5, 0.6) is 0 Å². The topological polar surface area (TPSA) is 46.2 Å². The second-order valence-corrected chi connectivity index (χ2v) is 7.80. The smallest absolute Gasteiger partial charge is 0.207 e. The van der Waals surface area contributed by atoms with Gasteiger partial charge in [-0.25, -0.2) is 13.1 Å². The lowest BCUT2D eigenvalue weighted by Gasteiger charge is -2.19. The Morgan fingerprint density at radius 2 is 1.36 bits per heavy atom. The molecule has 0 unspecified atom stereocenters. The normalized spacial score (nSPS) is 12.7. The van der Waals surface area contributed by atoms with Gasteiger partial charge in [0.1, 0.15) is 0 Å². The fraction of sp³-hybridized carbons (Fsp3) is 0.143. The third-order valence-corrected chi connectivity index (χ3v) is 5.60. The Morgan fingerprint density at radius 3 is 1.96 bits per heavy atom. The zero-order valence-corrected chi connectivity index (χ0v) is 14.9. The number of hydrogen-bond acceptors (Lipinski definition) is 2. The fourth-order valence-electron chi connectivity index (χ4n) is 2.74. The van der Waals surface area contributed by atoms with Gasteiger partial charge in [-0.2, -0.15) is 0 Å². The molecule has 1 N–H and O–H groups in total. The first kappa shape index (κ1) is 17.4. The van der Waals surface area contributed by atoms with E-state index >= 15 is 0 Å². The van der Waals surface area contributed by atoms with E-state index in [4.69, 9.17) is 0 Å². The van der Waals surface area contributed by atoms with Crippen molar-refractivity contribution in [3.8, 4) is 0 Å². The van der Waals surface area contributed by atoms with Gasteiger partial charge in [-0.15, -0.1) is 0 Å². The van der Waals surface area contributed by atoms with Crippen LogP contribution in [0.15, 0.2) is 89.8 Å². The highest BCUT2D eigenvalue weighted by Gasteiger charge is 2.21. The molecule has 3 nitrogen and oxygen atoms in total. The van der Waals surface area contributed by atoms with Crippen molar-refractivity contribution < 1.29 is 8.42 Å². The maximum atomic E-state index is 12.8. The van der Waals surface area contributed by atoms with E-state index in [2.05, 4.69) is 4.72 Å². The lowest BCUT2D eigenvalue weighted by Crippen LogP contribution is -2.30. The number of rotatable bonds is 6. The number of nitrogens with one attached hydrogen (secondary N) is 1. The van der Waals surface area contributed by atoms with E-state index in [9.17, 15) is 8.42 Å². The van der Waals surface area contributed by atoms with Gasteiger partial charge in [0.25, 0.3) is 0 Å². The zero-order chi connectivity index (χ0) is 17.7. The molecule has 0 saturated carbocycles. The molecule has 0 saturated heterocycles. The molecule has 25 heavy (non-hydrogen) atoms. The average Bonchev–Trinajstić information content (AvgIpc) is 2.63. The summed E-state index contributed by atoms with van der Waals surface area (Å²) >= 11 is 0. The van der Waals surface area contributed by atoms with E-state index < -0.39 is 10.0 Å². The van der Waals surface area contributed by atoms with Crippen molar-refractivity contribution in [2.75, 3.05) is 0 Å². The van der Waals surface area contributed by atoms with Crippen molar-refractivity contribution in [2.45, 2.75) is 24.3 Å². The third kappa shape index (κ3) is 4.56. The maximum Gasteiger partial charge on any atom is 0.241 e. The Labute approximate surface area is 149 Å². The second-order valence-electron chi connectivity index (χ2n) is 6.09. The minimum Gasteiger partial charge on any atom is -0.207 e. The van der Waals surface area contributed by atoms with Crippen molar-refractivity contribution >= 4 is 10.0 Å². The Balaban J connectivity index is 1.90. The van der Waals surface area contributed by atoms with Crippen LogP contribution >= 0.6 is 0 Å². The van der Waals surface area contributed by atoms with Gasteiger partial charge >= 0.3 is 0 Å². The Kier molecular flexibility index (Phi) is 5.31. The van der Waals surface area contributed by atoms with Crippen molar-refractivity contribution in [2.24, 2.45) is 0 Å². The molecule has 128 valence electrons. The summed E-state index contributed by atoms with van der Waals surface area (Å²) in [5, 5.41) is 0. The van der Waals surface area contributed by atoms with Crippen LogP contribution in [0.25, 0.3) is 0 Å². The van der Waals surface area contributed by atoms with E-state index in [1.54, 1.807) is 12.1 Å². The molecule has 3 aromatic carbocycles. The molecular weight excluding hydrogens is 330 g/mol. The maximum absolute atomic E-state index is 12.8. The number of aryl methyl sites for hydroxylation is 1. The molecule has 0 heterocycles. The summed E-state index contributed by atoms with van der Waals surface area (Å²) in [6.45, 7) is 1.94. The quantitative estimate of drug-likeness (QED) is 0.721. The monoisotopic (exact) mass is 351 g/mol. The van der Waals surface area contributed by atoms with Gasteiger partial charge < -0.3 is 0 Å². The SMILES string of the molecule is Cc1ccc(S(=O)(=O)N[C@@H](Cc2ccccc2)c2ccccc2)cc1. The minimum absolute atomic E-state index is 0.284. The first-order valence-electron chi connectivity index (χ1n) is 8.22. The molecule has 3 aromatic rings. The van der Waals surface area contributed by atoms with E-state index in [1.165, 1.54) is 0 Å². The molecule has 1 atom stereocenters. The van der Waals surface area contributed by atoms with Crippen molar-refractivity contribution in [1.82, 2.24) is 4.72 Å². The van der Waals surface area contributed by atoms with E-state index in [1.807, 2.05) is 79.7 Å². The van der Waals surface area contributed by atoms with Gasteiger partial charge in [0.15, 0.2) is 0 Å². The number of benzene rings is 3. The van der Waals surface area contributed by atoms with E-state index in [0.717, 1.165) is 16.7 Å². The number of sulfonamides is 1. The third-order valence-electron chi connectivity index (χ3n) is 4.11. The molecule has 0 amide bonds. The lowest BCUT2D eigenvalue weighted by atomic mass is 10.00. The molecule has 0 aromatic heterocycles. The van der Waals surface area contributed by atoms with Crippen LogP contribution < -0.4 is 4.72 Å². The van der Waals surface area contributed by atoms with Crippen molar-refractivity contribution in [1.29, 1.82) is 0 Å². The van der Waals surface area contributed by atoms with Crippen LogP contribution in [0.1, 0.15) is 22.7 Å². The molecule has 3 rings (SSSR count). The van der Waals surface area contributed by atoms with Crippen molar-refractivity contribution in [3.63, 3.8) is 0 Å². The molecule has 0 aliphatic carbocycles. The summed E-state index contributed by atoms with van der Waals surface area (Å²) in [6, 6.07) is 26.2. The van der Waals surface area contributed by atoms with Crippen LogP contribution in [0.4, 0.5) is 0 Å². The zero-order valence-electron chi connectivity index (χ0n) is 14.1. The first-order chi connectivity index (χ1) is 12.0. The molecule has 0 spiro atoms. The van der Waals surface area contributed by atoms with Crippen molar-refractivity contribution in [3.05, 3.63) is 102 Å². The Morgan fingerprint density at radius 1 is 0.800 bits per heavy atom. The van der Waals surface area contributed by atoms with Gasteiger partial charge in [0.05, 0.1) is 10.9 Å². The Bertz CT molecular complexity index is 905. The molecule has 0 aliphatic heterocycles. The molecule has 0 bridgehead atoms. The minimum atomic E-state index is -3.59. The van der Waals surface area contributed by atoms with Gasteiger partial charge in [-0.1, -0.05) is 78.4 Å². The molecule has 0 radical (unpaired) electrons. The summed E-state index contributed by atoms with van der Waals surface area (Å²) < 4.78 is 28.5. The van der Waals surface area contributed by atoms with E-state index in [0.29, 0.717) is 6.42 Å². The second kappa shape index (κ2) is 7.64. The summed E-state index contributed by atoms with van der Waals surface area (Å²) in [6.07, 6.45) is 0.593. The molecular formula is C21H21NO2S. The highest BCUT2D eigenvalue weighted by Crippen LogP contribution is 2.21. The van der Waals surface area contributed by atoms with Crippen LogP contribution in [0.3, 0.4) is 0 Å². The number of hydrogen-bond donors (Lipinski definition) is 1. The predicted molar refractivity (Wildman–Crippen MR) is 101 cm³/mol. The van der Waals surface area contributed by atoms with Gasteiger partial charge in [0.2, 0.25) is 10.0 Å². The summed E-state index contributed by atoms with van der Waals surface area (Å²) in [7, 11) is -3.59. The summed E-state index contributed by atoms with van der Waals surface area (Å²) in [5.74, 6) is 0. The fourth-order valence-corrected chi connectivity index (χ4v) is 3.96. The highest BCUT2D eigenvalue weighted by molar-refractivity contribution is 7.89. The average molecular weight is 351 g/mol. The first-order valence-corrected chi connectivity index (χ1v) is 9.71. The molecule has 0 fully saturated rings. The van der Waals surface area contributed by atoms with Crippen LogP contribution in [0.2, 0.25) is 0 Å². The van der Waals surface area contributed by atoms with E-state index in [-0.39, 0.29) is 10.9 Å². The van der Waals surface area contributed by atoms with Crippen LogP contribution in [-0.4, -0.2) is 8.42 Å². The highest BCUT2D eigenvalue weighted by atomic mass is 32.2. The Hall–Kier alpha value is -2.43. The largest absolute Gasteiger partial charge is 0.241 e. The molecule has 0 aliphatic rings. The van der Waals surface area contributed by atoms with Gasteiger partial charge in [-0.05, 0) is 36.6 Å². The standard InChI is InChI=1S/C21H21NO2S/c1-17-12-14-20(15-13-17)25(23,24)22-21(19-10-6-3-7-11-19)16-18-8-4-2-5-9-18/h2-15,21-22H,16H2,1H3/t21-/m0/s1. The van der Waals surface area contributed by atoms with Crippen LogP contribution in [-0.2, 0) is 16.4 Å². The predicted octanol–water partition coefficient (Wildman–Crippen LogP) is 4.26. The van der Waals surface area contributed by atoms with Crippen LogP contribution in [0, 0.1) is 6.92 Å². The summed E-state index contributed by atoms with van der Waals surface area (Å²) in [5.41, 5.74) is 3.06. The molecule has 4 heteroatoms. The lowest BCUT2D eigenvalue weighted by molar-refractivity contribution is 0.555. The van der Waals surface area contributed by atoms with Gasteiger partial charge in [-0.3, -0.25) is 0 Å². The summed E-state index contributed by atoms with van der Waals surface area (Å²) in [4.78, 5) is 0.284.